The number of carbonyl (C=O) groups is 1. The maximum atomic E-state index is 12.1. The van der Waals surface area contributed by atoms with Gasteiger partial charge in [0.25, 0.3) is 0 Å². The summed E-state index contributed by atoms with van der Waals surface area (Å²) in [6.45, 7) is 9.47. The molecule has 0 radical (unpaired) electrons. The van der Waals surface area contributed by atoms with E-state index in [2.05, 4.69) is 26.1 Å². The topological polar surface area (TPSA) is 32.3 Å². The number of rotatable bonds is 3. The van der Waals surface area contributed by atoms with E-state index < -0.39 is 0 Å². The average Bonchev–Trinajstić information content (AvgIpc) is 2.89. The van der Waals surface area contributed by atoms with Gasteiger partial charge < -0.3 is 10.2 Å². The molecule has 1 amide bonds. The van der Waals surface area contributed by atoms with Gasteiger partial charge in [-0.15, -0.1) is 0 Å². The lowest BCUT2D eigenvalue weighted by atomic mass is 9.69. The molecule has 110 valence electrons. The molecule has 3 heteroatoms. The van der Waals surface area contributed by atoms with Gasteiger partial charge in [-0.05, 0) is 37.0 Å². The molecule has 1 N–H and O–H groups in total. The highest BCUT2D eigenvalue weighted by Gasteiger charge is 2.34. The summed E-state index contributed by atoms with van der Waals surface area (Å²) in [6.07, 6.45) is 7.55. The molecular weight excluding hydrogens is 236 g/mol. The number of likely N-dealkylation sites (tertiary alicyclic amines) is 1. The molecule has 1 saturated heterocycles. The number of hydrogen-bond acceptors (Lipinski definition) is 2. The smallest absolute Gasteiger partial charge is 0.236 e. The van der Waals surface area contributed by atoms with Crippen molar-refractivity contribution in [3.05, 3.63) is 0 Å². The maximum Gasteiger partial charge on any atom is 0.236 e. The second kappa shape index (κ2) is 6.25. The van der Waals surface area contributed by atoms with Crippen LogP contribution in [0, 0.1) is 11.3 Å². The van der Waals surface area contributed by atoms with Crippen molar-refractivity contribution in [3.8, 4) is 0 Å². The fourth-order valence-corrected chi connectivity index (χ4v) is 3.71. The van der Waals surface area contributed by atoms with E-state index >= 15 is 0 Å². The molecule has 1 aliphatic carbocycles. The number of carbonyl (C=O) groups excluding carboxylic acids is 1. The van der Waals surface area contributed by atoms with Crippen LogP contribution in [0.5, 0.6) is 0 Å². The first-order chi connectivity index (χ1) is 8.98. The van der Waals surface area contributed by atoms with Crippen LogP contribution in [-0.2, 0) is 4.79 Å². The molecule has 2 aliphatic rings. The molecule has 0 aromatic carbocycles. The summed E-state index contributed by atoms with van der Waals surface area (Å²) in [5.74, 6) is 1.00. The Morgan fingerprint density at radius 1 is 1.11 bits per heavy atom. The summed E-state index contributed by atoms with van der Waals surface area (Å²) in [5, 5.41) is 3.56. The van der Waals surface area contributed by atoms with Gasteiger partial charge in [0.1, 0.15) is 0 Å². The first-order valence-corrected chi connectivity index (χ1v) is 7.99. The molecule has 1 aliphatic heterocycles. The lowest BCUT2D eigenvalue weighted by Gasteiger charge is -2.41. The highest BCUT2D eigenvalue weighted by atomic mass is 16.2. The van der Waals surface area contributed by atoms with E-state index in [-0.39, 0.29) is 0 Å². The third kappa shape index (κ3) is 3.95. The number of amides is 1. The number of nitrogens with one attached hydrogen (secondary N) is 1. The highest BCUT2D eigenvalue weighted by Crippen LogP contribution is 2.37. The quantitative estimate of drug-likeness (QED) is 0.852. The number of nitrogens with zero attached hydrogens (tertiary/aromatic N) is 1. The molecule has 19 heavy (non-hydrogen) atoms. The van der Waals surface area contributed by atoms with Crippen LogP contribution in [0.15, 0.2) is 0 Å². The van der Waals surface area contributed by atoms with E-state index in [4.69, 9.17) is 0 Å². The molecule has 1 heterocycles. The van der Waals surface area contributed by atoms with Crippen LogP contribution in [-0.4, -0.2) is 36.5 Å². The Morgan fingerprint density at radius 2 is 1.74 bits per heavy atom. The minimum atomic E-state index is 0.302. The van der Waals surface area contributed by atoms with Gasteiger partial charge in [0, 0.05) is 19.1 Å². The van der Waals surface area contributed by atoms with Crippen LogP contribution in [0.2, 0.25) is 0 Å². The van der Waals surface area contributed by atoms with Gasteiger partial charge in [0.2, 0.25) is 5.91 Å². The van der Waals surface area contributed by atoms with Gasteiger partial charge in [0.05, 0.1) is 6.54 Å². The van der Waals surface area contributed by atoms with Crippen molar-refractivity contribution >= 4 is 5.91 Å². The average molecular weight is 266 g/mol. The van der Waals surface area contributed by atoms with Gasteiger partial charge in [-0.2, -0.15) is 0 Å². The lowest BCUT2D eigenvalue weighted by Crippen LogP contribution is -2.48. The Kier molecular flexibility index (Phi) is 4.88. The molecule has 3 nitrogen and oxygen atoms in total. The fraction of sp³-hybridized carbons (Fsp3) is 0.938. The molecule has 2 atom stereocenters. The molecule has 2 rings (SSSR count). The molecular formula is C16H30N2O. The highest BCUT2D eigenvalue weighted by molar-refractivity contribution is 5.78. The lowest BCUT2D eigenvalue weighted by molar-refractivity contribution is -0.129. The standard InChI is InChI=1S/C16H30N2O/c1-16(2,3)13-8-4-5-9-14(13)17-12-15(19)18-10-6-7-11-18/h13-14,17H,4-12H2,1-3H3. The van der Waals surface area contributed by atoms with E-state index in [0.29, 0.717) is 29.8 Å². The van der Waals surface area contributed by atoms with Gasteiger partial charge in [0.15, 0.2) is 0 Å². The van der Waals surface area contributed by atoms with E-state index in [1.54, 1.807) is 0 Å². The van der Waals surface area contributed by atoms with Crippen molar-refractivity contribution in [2.24, 2.45) is 11.3 Å². The molecule has 0 bridgehead atoms. The van der Waals surface area contributed by atoms with Crippen LogP contribution >= 0.6 is 0 Å². The second-order valence-corrected chi connectivity index (χ2v) is 7.33. The van der Waals surface area contributed by atoms with Crippen LogP contribution in [0.4, 0.5) is 0 Å². The van der Waals surface area contributed by atoms with E-state index in [0.717, 1.165) is 13.1 Å². The van der Waals surface area contributed by atoms with Gasteiger partial charge in [-0.1, -0.05) is 33.6 Å². The van der Waals surface area contributed by atoms with Gasteiger partial charge in [-0.3, -0.25) is 4.79 Å². The van der Waals surface area contributed by atoms with Crippen molar-refractivity contribution in [2.45, 2.75) is 65.3 Å². The summed E-state index contributed by atoms with van der Waals surface area (Å²) < 4.78 is 0. The summed E-state index contributed by atoms with van der Waals surface area (Å²) in [4.78, 5) is 14.1. The van der Waals surface area contributed by atoms with Gasteiger partial charge in [-0.25, -0.2) is 0 Å². The predicted octanol–water partition coefficient (Wildman–Crippen LogP) is 2.80. The van der Waals surface area contributed by atoms with Crippen LogP contribution < -0.4 is 5.32 Å². The van der Waals surface area contributed by atoms with Crippen molar-refractivity contribution in [1.29, 1.82) is 0 Å². The predicted molar refractivity (Wildman–Crippen MR) is 79.0 cm³/mol. The zero-order chi connectivity index (χ0) is 13.9. The first-order valence-electron chi connectivity index (χ1n) is 7.99. The molecule has 2 fully saturated rings. The first kappa shape index (κ1) is 14.8. The zero-order valence-corrected chi connectivity index (χ0v) is 12.9. The summed E-state index contributed by atoms with van der Waals surface area (Å²) in [5.41, 5.74) is 0.342. The Morgan fingerprint density at radius 3 is 2.37 bits per heavy atom. The summed E-state index contributed by atoms with van der Waals surface area (Å²) >= 11 is 0. The molecule has 0 spiro atoms. The maximum absolute atomic E-state index is 12.1. The summed E-state index contributed by atoms with van der Waals surface area (Å²) in [6, 6.07) is 0.528. The molecule has 1 saturated carbocycles. The van der Waals surface area contributed by atoms with Crippen molar-refractivity contribution in [1.82, 2.24) is 10.2 Å². The Balaban J connectivity index is 1.84. The monoisotopic (exact) mass is 266 g/mol. The summed E-state index contributed by atoms with van der Waals surface area (Å²) in [7, 11) is 0. The largest absolute Gasteiger partial charge is 0.342 e. The van der Waals surface area contributed by atoms with Gasteiger partial charge >= 0.3 is 0 Å². The molecule has 0 aromatic heterocycles. The van der Waals surface area contributed by atoms with Crippen molar-refractivity contribution in [2.75, 3.05) is 19.6 Å². The van der Waals surface area contributed by atoms with Crippen LogP contribution in [0.25, 0.3) is 0 Å². The van der Waals surface area contributed by atoms with E-state index in [1.165, 1.54) is 38.5 Å². The normalized spacial score (nSPS) is 28.7. The fourth-order valence-electron chi connectivity index (χ4n) is 3.71. The minimum Gasteiger partial charge on any atom is -0.342 e. The Labute approximate surface area is 118 Å². The number of hydrogen-bond donors (Lipinski definition) is 1. The molecule has 2 unspecified atom stereocenters. The SMILES string of the molecule is CC(C)(C)C1CCCCC1NCC(=O)N1CCCC1. The van der Waals surface area contributed by atoms with Crippen LogP contribution in [0.1, 0.15) is 59.3 Å². The minimum absolute atomic E-state index is 0.302. The third-order valence-corrected chi connectivity index (χ3v) is 4.85. The Hall–Kier alpha value is -0.570. The van der Waals surface area contributed by atoms with E-state index in [1.807, 2.05) is 4.90 Å². The van der Waals surface area contributed by atoms with Crippen molar-refractivity contribution < 1.29 is 4.79 Å². The van der Waals surface area contributed by atoms with E-state index in [9.17, 15) is 4.79 Å². The van der Waals surface area contributed by atoms with Crippen molar-refractivity contribution in [3.63, 3.8) is 0 Å². The van der Waals surface area contributed by atoms with Crippen LogP contribution in [0.3, 0.4) is 0 Å². The molecule has 0 aromatic rings. The Bertz CT molecular complexity index is 302. The second-order valence-electron chi connectivity index (χ2n) is 7.33. The third-order valence-electron chi connectivity index (χ3n) is 4.85. The zero-order valence-electron chi connectivity index (χ0n) is 12.9.